The molecule has 1 N–H and O–H groups in total. The zero-order chi connectivity index (χ0) is 12.7. The van der Waals surface area contributed by atoms with Gasteiger partial charge in [-0.2, -0.15) is 0 Å². The van der Waals surface area contributed by atoms with Gasteiger partial charge in [-0.25, -0.2) is 0 Å². The van der Waals surface area contributed by atoms with Crippen LogP contribution in [0, 0.1) is 0 Å². The Morgan fingerprint density at radius 2 is 1.82 bits per heavy atom. The van der Waals surface area contributed by atoms with Gasteiger partial charge < -0.3 is 5.11 Å². The van der Waals surface area contributed by atoms with Crippen LogP contribution in [0.15, 0.2) is 18.2 Å². The fraction of sp³-hybridized carbons (Fsp3) is 0.625. The highest BCUT2D eigenvalue weighted by Crippen LogP contribution is 2.33. The molecule has 1 aromatic carbocycles. The second kappa shape index (κ2) is 7.37. The Kier molecular flexibility index (Phi) is 6.10. The second-order valence-corrected chi connectivity index (χ2v) is 5.00. The molecule has 0 saturated heterocycles. The molecule has 1 rings (SSSR count). The molecule has 1 heteroatoms. The average molecular weight is 234 g/mol. The van der Waals surface area contributed by atoms with Crippen LogP contribution in [0.5, 0.6) is 5.75 Å². The highest BCUT2D eigenvalue weighted by atomic mass is 16.3. The summed E-state index contributed by atoms with van der Waals surface area (Å²) >= 11 is 0. The Morgan fingerprint density at radius 3 is 2.47 bits per heavy atom. The van der Waals surface area contributed by atoms with Gasteiger partial charge >= 0.3 is 0 Å². The predicted molar refractivity (Wildman–Crippen MR) is 74.7 cm³/mol. The molecule has 0 saturated carbocycles. The zero-order valence-corrected chi connectivity index (χ0v) is 11.5. The van der Waals surface area contributed by atoms with Crippen LogP contribution in [0.25, 0.3) is 0 Å². The number of rotatable bonds is 7. The molecule has 0 radical (unpaired) electrons. The number of hydrogen-bond donors (Lipinski definition) is 1. The van der Waals surface area contributed by atoms with E-state index in [1.54, 1.807) is 0 Å². The standard InChI is InChI=1S/C16H26O/c1-4-6-9-13(3)16-14(10-7-5-2)11-8-12-15(16)17/h8,11-13,17H,4-7,9-10H2,1-3H3. The Balaban J connectivity index is 2.85. The van der Waals surface area contributed by atoms with Crippen molar-refractivity contribution in [3.8, 4) is 5.75 Å². The zero-order valence-electron chi connectivity index (χ0n) is 11.5. The summed E-state index contributed by atoms with van der Waals surface area (Å²) in [4.78, 5) is 0. The van der Waals surface area contributed by atoms with E-state index in [2.05, 4.69) is 26.8 Å². The van der Waals surface area contributed by atoms with Crippen molar-refractivity contribution in [1.29, 1.82) is 0 Å². The topological polar surface area (TPSA) is 20.2 Å². The van der Waals surface area contributed by atoms with Crippen molar-refractivity contribution in [3.63, 3.8) is 0 Å². The first-order valence-electron chi connectivity index (χ1n) is 7.01. The quantitative estimate of drug-likeness (QED) is 0.701. The number of phenols is 1. The lowest BCUT2D eigenvalue weighted by Crippen LogP contribution is -2.00. The molecular weight excluding hydrogens is 208 g/mol. The van der Waals surface area contributed by atoms with E-state index in [-0.39, 0.29) is 0 Å². The summed E-state index contributed by atoms with van der Waals surface area (Å²) in [5.41, 5.74) is 2.53. The highest BCUT2D eigenvalue weighted by molar-refractivity contribution is 5.41. The van der Waals surface area contributed by atoms with E-state index in [1.165, 1.54) is 43.2 Å². The van der Waals surface area contributed by atoms with Crippen molar-refractivity contribution in [3.05, 3.63) is 29.3 Å². The average Bonchev–Trinajstić information content (AvgIpc) is 2.33. The Labute approximate surface area is 106 Å². The predicted octanol–water partition coefficient (Wildman–Crippen LogP) is 5.03. The lowest BCUT2D eigenvalue weighted by atomic mass is 9.89. The normalized spacial score (nSPS) is 12.6. The summed E-state index contributed by atoms with van der Waals surface area (Å²) < 4.78 is 0. The van der Waals surface area contributed by atoms with Gasteiger partial charge in [-0.1, -0.05) is 52.2 Å². The largest absolute Gasteiger partial charge is 0.508 e. The van der Waals surface area contributed by atoms with Gasteiger partial charge in [-0.3, -0.25) is 0 Å². The summed E-state index contributed by atoms with van der Waals surface area (Å²) in [5.74, 6) is 0.963. The summed E-state index contributed by atoms with van der Waals surface area (Å²) in [6, 6.07) is 5.97. The molecule has 0 aliphatic heterocycles. The molecule has 1 unspecified atom stereocenters. The Bertz CT molecular complexity index is 330. The second-order valence-electron chi connectivity index (χ2n) is 5.00. The van der Waals surface area contributed by atoms with E-state index >= 15 is 0 Å². The molecule has 0 fully saturated rings. The molecule has 1 atom stereocenters. The molecule has 0 aliphatic carbocycles. The summed E-state index contributed by atoms with van der Waals surface area (Å²) in [6.07, 6.45) is 7.14. The SMILES string of the molecule is CCCCc1cccc(O)c1C(C)CCCC. The van der Waals surface area contributed by atoms with Crippen LogP contribution in [0.3, 0.4) is 0 Å². The van der Waals surface area contributed by atoms with Crippen LogP contribution in [-0.2, 0) is 6.42 Å². The van der Waals surface area contributed by atoms with E-state index in [9.17, 15) is 5.11 Å². The summed E-state index contributed by atoms with van der Waals surface area (Å²) in [5, 5.41) is 10.1. The van der Waals surface area contributed by atoms with Crippen LogP contribution >= 0.6 is 0 Å². The van der Waals surface area contributed by atoms with Crippen LogP contribution in [0.4, 0.5) is 0 Å². The van der Waals surface area contributed by atoms with Crippen molar-refractivity contribution in [2.24, 2.45) is 0 Å². The molecular formula is C16H26O. The third-order valence-electron chi connectivity index (χ3n) is 3.46. The smallest absolute Gasteiger partial charge is 0.119 e. The van der Waals surface area contributed by atoms with Crippen molar-refractivity contribution in [2.75, 3.05) is 0 Å². The third-order valence-corrected chi connectivity index (χ3v) is 3.46. The molecule has 0 bridgehead atoms. The first-order chi connectivity index (χ1) is 8.20. The first kappa shape index (κ1) is 14.1. The molecule has 17 heavy (non-hydrogen) atoms. The summed E-state index contributed by atoms with van der Waals surface area (Å²) in [7, 11) is 0. The number of aromatic hydroxyl groups is 1. The van der Waals surface area contributed by atoms with Crippen molar-refractivity contribution in [1.82, 2.24) is 0 Å². The highest BCUT2D eigenvalue weighted by Gasteiger charge is 2.14. The van der Waals surface area contributed by atoms with Crippen LogP contribution in [0.1, 0.15) is 69.9 Å². The summed E-state index contributed by atoms with van der Waals surface area (Å²) in [6.45, 7) is 6.67. The van der Waals surface area contributed by atoms with E-state index in [1.807, 2.05) is 12.1 Å². The van der Waals surface area contributed by atoms with Gasteiger partial charge in [0.2, 0.25) is 0 Å². The molecule has 1 nitrogen and oxygen atoms in total. The van der Waals surface area contributed by atoms with E-state index in [0.717, 1.165) is 6.42 Å². The maximum atomic E-state index is 10.1. The van der Waals surface area contributed by atoms with E-state index in [4.69, 9.17) is 0 Å². The van der Waals surface area contributed by atoms with Gasteiger partial charge in [0.05, 0.1) is 0 Å². The molecule has 0 spiro atoms. The monoisotopic (exact) mass is 234 g/mol. The van der Waals surface area contributed by atoms with E-state index < -0.39 is 0 Å². The van der Waals surface area contributed by atoms with Crippen LogP contribution < -0.4 is 0 Å². The van der Waals surface area contributed by atoms with Crippen LogP contribution in [-0.4, -0.2) is 5.11 Å². The van der Waals surface area contributed by atoms with Gasteiger partial charge in [-0.15, -0.1) is 0 Å². The minimum atomic E-state index is 0.475. The van der Waals surface area contributed by atoms with Gasteiger partial charge in [0.1, 0.15) is 5.75 Å². The molecule has 0 aromatic heterocycles. The third kappa shape index (κ3) is 4.07. The van der Waals surface area contributed by atoms with Crippen molar-refractivity contribution in [2.45, 2.75) is 65.2 Å². The number of unbranched alkanes of at least 4 members (excludes halogenated alkanes) is 2. The Morgan fingerprint density at radius 1 is 1.12 bits per heavy atom. The first-order valence-corrected chi connectivity index (χ1v) is 7.01. The van der Waals surface area contributed by atoms with Gasteiger partial charge in [0.25, 0.3) is 0 Å². The minimum Gasteiger partial charge on any atom is -0.508 e. The van der Waals surface area contributed by atoms with Gasteiger partial charge in [0, 0.05) is 0 Å². The molecule has 1 aromatic rings. The molecule has 0 amide bonds. The Hall–Kier alpha value is -0.980. The fourth-order valence-electron chi connectivity index (χ4n) is 2.41. The van der Waals surface area contributed by atoms with E-state index in [0.29, 0.717) is 11.7 Å². The van der Waals surface area contributed by atoms with Crippen LogP contribution in [0.2, 0.25) is 0 Å². The fourth-order valence-corrected chi connectivity index (χ4v) is 2.41. The molecule has 0 aliphatic rings. The minimum absolute atomic E-state index is 0.475. The maximum Gasteiger partial charge on any atom is 0.119 e. The lowest BCUT2D eigenvalue weighted by Gasteiger charge is -2.17. The number of benzene rings is 1. The van der Waals surface area contributed by atoms with Gasteiger partial charge in [0.15, 0.2) is 0 Å². The maximum absolute atomic E-state index is 10.1. The van der Waals surface area contributed by atoms with Gasteiger partial charge in [-0.05, 0) is 42.4 Å². The number of aryl methyl sites for hydroxylation is 1. The number of hydrogen-bond acceptors (Lipinski definition) is 1. The van der Waals surface area contributed by atoms with Crippen molar-refractivity contribution < 1.29 is 5.11 Å². The number of phenolic OH excluding ortho intramolecular Hbond substituents is 1. The lowest BCUT2D eigenvalue weighted by molar-refractivity contribution is 0.457. The molecule has 96 valence electrons. The molecule has 0 heterocycles. The van der Waals surface area contributed by atoms with Crippen molar-refractivity contribution >= 4 is 0 Å².